The molecule has 0 saturated heterocycles. The van der Waals surface area contributed by atoms with E-state index in [9.17, 15) is 0 Å². The van der Waals surface area contributed by atoms with Crippen molar-refractivity contribution in [2.45, 2.75) is 39.2 Å². The highest BCUT2D eigenvalue weighted by Gasteiger charge is 2.17. The molecule has 0 saturated carbocycles. The molecule has 0 aliphatic rings. The van der Waals surface area contributed by atoms with Crippen LogP contribution in [0.5, 0.6) is 0 Å². The van der Waals surface area contributed by atoms with E-state index < -0.39 is 0 Å². The molecule has 2 unspecified atom stereocenters. The Hall–Kier alpha value is -1.41. The molecule has 5 nitrogen and oxygen atoms in total. The predicted molar refractivity (Wildman–Crippen MR) is 57.4 cm³/mol. The van der Waals surface area contributed by atoms with Gasteiger partial charge in [0.25, 0.3) is 0 Å². The maximum absolute atomic E-state index is 8.68. The lowest BCUT2D eigenvalue weighted by Gasteiger charge is -2.08. The van der Waals surface area contributed by atoms with Crippen LogP contribution >= 0.6 is 0 Å². The number of hydrogen-bond donors (Lipinski definition) is 0. The Morgan fingerprint density at radius 2 is 2.31 bits per heavy atom. The molecule has 0 bridgehead atoms. The van der Waals surface area contributed by atoms with Crippen molar-refractivity contribution >= 4 is 0 Å². The minimum Gasteiger partial charge on any atom is -0.373 e. The summed E-state index contributed by atoms with van der Waals surface area (Å²) in [6, 6.07) is 2.13. The second-order valence-corrected chi connectivity index (χ2v) is 3.79. The van der Waals surface area contributed by atoms with Crippen LogP contribution in [0.15, 0.2) is 4.52 Å². The second-order valence-electron chi connectivity index (χ2n) is 3.79. The summed E-state index contributed by atoms with van der Waals surface area (Å²) in [6.07, 6.45) is 2.24. The number of nitrogens with zero attached hydrogens (tertiary/aromatic N) is 3. The highest BCUT2D eigenvalue weighted by molar-refractivity contribution is 4.94. The molecule has 0 aliphatic carbocycles. The summed E-state index contributed by atoms with van der Waals surface area (Å²) >= 11 is 0. The van der Waals surface area contributed by atoms with E-state index in [1.807, 2.05) is 6.92 Å². The molecule has 0 aromatic carbocycles. The first-order valence-electron chi connectivity index (χ1n) is 5.46. The Morgan fingerprint density at radius 1 is 1.56 bits per heavy atom. The monoisotopic (exact) mass is 223 g/mol. The van der Waals surface area contributed by atoms with E-state index in [0.717, 1.165) is 12.8 Å². The van der Waals surface area contributed by atoms with E-state index >= 15 is 0 Å². The molecule has 0 amide bonds. The van der Waals surface area contributed by atoms with Crippen LogP contribution in [0, 0.1) is 17.2 Å². The Kier molecular flexibility index (Phi) is 4.93. The predicted octanol–water partition coefficient (Wildman–Crippen LogP) is 2.26. The van der Waals surface area contributed by atoms with E-state index in [1.165, 1.54) is 0 Å². The maximum Gasteiger partial charge on any atom is 0.228 e. The fraction of sp³-hybridized carbons (Fsp3) is 0.727. The lowest BCUT2D eigenvalue weighted by atomic mass is 10.1. The van der Waals surface area contributed by atoms with E-state index in [-0.39, 0.29) is 12.0 Å². The largest absolute Gasteiger partial charge is 0.373 e. The Balaban J connectivity index is 2.66. The fourth-order valence-electron chi connectivity index (χ4n) is 1.40. The molecule has 88 valence electrons. The molecule has 0 aliphatic heterocycles. The van der Waals surface area contributed by atoms with Gasteiger partial charge in [-0.2, -0.15) is 10.2 Å². The minimum absolute atomic E-state index is 0.111. The summed E-state index contributed by atoms with van der Waals surface area (Å²) in [5.74, 6) is 0.965. The normalized spacial score (nSPS) is 14.4. The maximum atomic E-state index is 8.68. The minimum atomic E-state index is -0.111. The molecule has 0 fully saturated rings. The molecule has 0 radical (unpaired) electrons. The highest BCUT2D eigenvalue weighted by atomic mass is 16.5. The lowest BCUT2D eigenvalue weighted by molar-refractivity contribution is 0.0854. The van der Waals surface area contributed by atoms with Crippen molar-refractivity contribution in [3.63, 3.8) is 0 Å². The molecule has 1 heterocycles. The van der Waals surface area contributed by atoms with E-state index in [4.69, 9.17) is 14.5 Å². The first kappa shape index (κ1) is 12.7. The fourth-order valence-corrected chi connectivity index (χ4v) is 1.40. The zero-order chi connectivity index (χ0) is 12.0. The summed E-state index contributed by atoms with van der Waals surface area (Å²) in [5.41, 5.74) is 0. The zero-order valence-corrected chi connectivity index (χ0v) is 9.93. The molecule has 2 atom stereocenters. The van der Waals surface area contributed by atoms with Gasteiger partial charge in [-0.3, -0.25) is 0 Å². The number of aromatic nitrogens is 2. The standard InChI is InChI=1S/C11H17N3O2/c1-4-5-9(15-3)11-13-10(16-14-11)6-8(2)7-12/h8-9H,4-6H2,1-3H3. The number of rotatable bonds is 6. The van der Waals surface area contributed by atoms with Crippen molar-refractivity contribution in [3.8, 4) is 6.07 Å². The number of hydrogen-bond acceptors (Lipinski definition) is 5. The molecule has 1 aromatic heterocycles. The van der Waals surface area contributed by atoms with Crippen molar-refractivity contribution in [2.75, 3.05) is 7.11 Å². The van der Waals surface area contributed by atoms with Crippen LogP contribution < -0.4 is 0 Å². The quantitative estimate of drug-likeness (QED) is 0.739. The van der Waals surface area contributed by atoms with Crippen LogP contribution in [0.25, 0.3) is 0 Å². The van der Waals surface area contributed by atoms with Gasteiger partial charge in [-0.15, -0.1) is 0 Å². The van der Waals surface area contributed by atoms with E-state index in [1.54, 1.807) is 7.11 Å². The summed E-state index contributed by atoms with van der Waals surface area (Å²) in [5, 5.41) is 12.6. The van der Waals surface area contributed by atoms with Crippen LogP contribution in [-0.4, -0.2) is 17.3 Å². The number of methoxy groups -OCH3 is 1. The van der Waals surface area contributed by atoms with Gasteiger partial charge in [-0.05, 0) is 13.3 Å². The third-order valence-electron chi connectivity index (χ3n) is 2.31. The molecule has 5 heteroatoms. The topological polar surface area (TPSA) is 71.9 Å². The van der Waals surface area contributed by atoms with Crippen molar-refractivity contribution < 1.29 is 9.26 Å². The lowest BCUT2D eigenvalue weighted by Crippen LogP contribution is -2.04. The van der Waals surface area contributed by atoms with Gasteiger partial charge >= 0.3 is 0 Å². The molecule has 1 aromatic rings. The third-order valence-corrected chi connectivity index (χ3v) is 2.31. The van der Waals surface area contributed by atoms with Gasteiger partial charge in [-0.1, -0.05) is 18.5 Å². The first-order valence-corrected chi connectivity index (χ1v) is 5.46. The van der Waals surface area contributed by atoms with E-state index in [2.05, 4.69) is 23.1 Å². The molecular weight excluding hydrogens is 206 g/mol. The average Bonchev–Trinajstić information content (AvgIpc) is 2.74. The van der Waals surface area contributed by atoms with E-state index in [0.29, 0.717) is 18.1 Å². The molecule has 16 heavy (non-hydrogen) atoms. The van der Waals surface area contributed by atoms with Gasteiger partial charge in [0, 0.05) is 13.5 Å². The summed E-state index contributed by atoms with van der Waals surface area (Å²) in [4.78, 5) is 4.23. The second kappa shape index (κ2) is 6.23. The van der Waals surface area contributed by atoms with Crippen molar-refractivity contribution in [1.82, 2.24) is 10.1 Å². The van der Waals surface area contributed by atoms with Crippen molar-refractivity contribution in [1.29, 1.82) is 5.26 Å². The average molecular weight is 223 g/mol. The molecule has 1 rings (SSSR count). The van der Waals surface area contributed by atoms with Gasteiger partial charge in [0.15, 0.2) is 0 Å². The highest BCUT2D eigenvalue weighted by Crippen LogP contribution is 2.19. The Bertz CT molecular complexity index is 356. The van der Waals surface area contributed by atoms with Gasteiger partial charge in [0.1, 0.15) is 6.10 Å². The smallest absolute Gasteiger partial charge is 0.228 e. The van der Waals surface area contributed by atoms with Crippen molar-refractivity contribution in [2.24, 2.45) is 5.92 Å². The van der Waals surface area contributed by atoms with Gasteiger partial charge in [-0.25, -0.2) is 0 Å². The molecule has 0 N–H and O–H groups in total. The molecule has 0 spiro atoms. The van der Waals surface area contributed by atoms with Crippen LogP contribution in [0.1, 0.15) is 44.5 Å². The third kappa shape index (κ3) is 3.31. The van der Waals surface area contributed by atoms with Crippen LogP contribution in [0.4, 0.5) is 0 Å². The SMILES string of the molecule is CCCC(OC)c1noc(CC(C)C#N)n1. The van der Waals surface area contributed by atoms with Crippen LogP contribution in [-0.2, 0) is 11.2 Å². The van der Waals surface area contributed by atoms with Crippen LogP contribution in [0.2, 0.25) is 0 Å². The summed E-state index contributed by atoms with van der Waals surface area (Å²) in [6.45, 7) is 3.90. The number of ether oxygens (including phenoxy) is 1. The zero-order valence-electron chi connectivity index (χ0n) is 9.93. The number of nitriles is 1. The van der Waals surface area contributed by atoms with Gasteiger partial charge in [0.05, 0.1) is 12.0 Å². The van der Waals surface area contributed by atoms with Gasteiger partial charge < -0.3 is 9.26 Å². The summed E-state index contributed by atoms with van der Waals surface area (Å²) in [7, 11) is 1.63. The Labute approximate surface area is 95.4 Å². The Morgan fingerprint density at radius 3 is 2.88 bits per heavy atom. The van der Waals surface area contributed by atoms with Crippen molar-refractivity contribution in [3.05, 3.63) is 11.7 Å². The summed E-state index contributed by atoms with van der Waals surface area (Å²) < 4.78 is 10.3. The molecular formula is C11H17N3O2. The van der Waals surface area contributed by atoms with Gasteiger partial charge in [0.2, 0.25) is 11.7 Å². The van der Waals surface area contributed by atoms with Crippen LogP contribution in [0.3, 0.4) is 0 Å². The first-order chi connectivity index (χ1) is 7.71.